The molecule has 0 unspecified atom stereocenters. The summed E-state index contributed by atoms with van der Waals surface area (Å²) < 4.78 is 0. The van der Waals surface area contributed by atoms with Crippen LogP contribution in [0.1, 0.15) is 0 Å². The van der Waals surface area contributed by atoms with Gasteiger partial charge in [-0.05, 0) is 18.2 Å². The Morgan fingerprint density at radius 1 is 1.47 bits per heavy atom. The Labute approximate surface area is 114 Å². The van der Waals surface area contributed by atoms with Gasteiger partial charge in [0.05, 0.1) is 5.52 Å². The number of benzene rings is 1. The Morgan fingerprint density at radius 3 is 3.00 bits per heavy atom. The molecule has 0 spiro atoms. The van der Waals surface area contributed by atoms with Crippen LogP contribution in [-0.2, 0) is 0 Å². The lowest BCUT2D eigenvalue weighted by Crippen LogP contribution is -2.30. The van der Waals surface area contributed by atoms with E-state index in [2.05, 4.69) is 22.2 Å². The van der Waals surface area contributed by atoms with Gasteiger partial charge in [-0.1, -0.05) is 17.7 Å². The molecular weight excluding hydrogens is 266 g/mol. The quantitative estimate of drug-likeness (QED) is 0.754. The number of anilines is 1. The van der Waals surface area contributed by atoms with Gasteiger partial charge in [0.1, 0.15) is 5.69 Å². The number of nitrogens with one attached hydrogen (secondary N) is 3. The highest BCUT2D eigenvalue weighted by Gasteiger charge is 2.08. The van der Waals surface area contributed by atoms with Crippen LogP contribution in [-0.4, -0.2) is 17.6 Å². The van der Waals surface area contributed by atoms with Crippen molar-refractivity contribution in [1.82, 2.24) is 10.3 Å². The van der Waals surface area contributed by atoms with E-state index in [1.165, 1.54) is 6.20 Å². The Kier molecular flexibility index (Phi) is 3.87. The third kappa shape index (κ3) is 2.95. The van der Waals surface area contributed by atoms with Crippen molar-refractivity contribution in [2.45, 2.75) is 0 Å². The van der Waals surface area contributed by atoms with E-state index in [-0.39, 0.29) is 11.1 Å². The Morgan fingerprint density at radius 2 is 2.26 bits per heavy atom. The summed E-state index contributed by atoms with van der Waals surface area (Å²) in [6.07, 6.45) is 2.99. The number of amides is 2. The van der Waals surface area contributed by atoms with Crippen LogP contribution in [0.4, 0.5) is 10.5 Å². The van der Waals surface area contributed by atoms with E-state index in [1.54, 1.807) is 24.3 Å². The molecule has 0 atom stereocenters. The summed E-state index contributed by atoms with van der Waals surface area (Å²) in [5, 5.41) is 6.00. The van der Waals surface area contributed by atoms with Gasteiger partial charge >= 0.3 is 6.03 Å². The van der Waals surface area contributed by atoms with Crippen molar-refractivity contribution in [3.8, 4) is 0 Å². The first-order chi connectivity index (χ1) is 9.11. The van der Waals surface area contributed by atoms with Crippen LogP contribution in [0.2, 0.25) is 5.02 Å². The number of pyridine rings is 1. The zero-order chi connectivity index (χ0) is 13.8. The number of urea groups is 1. The minimum Gasteiger partial charge on any atom is -0.359 e. The fourth-order valence-corrected chi connectivity index (χ4v) is 1.79. The Bertz CT molecular complexity index is 694. The summed E-state index contributed by atoms with van der Waals surface area (Å²) in [4.78, 5) is 26.5. The minimum absolute atomic E-state index is 0.177. The number of hydrogen-bond acceptors (Lipinski definition) is 2. The topological polar surface area (TPSA) is 74.0 Å². The Hall–Kier alpha value is -2.27. The van der Waals surface area contributed by atoms with Gasteiger partial charge < -0.3 is 15.6 Å². The third-order valence-corrected chi connectivity index (χ3v) is 2.73. The fourth-order valence-electron chi connectivity index (χ4n) is 1.62. The van der Waals surface area contributed by atoms with Gasteiger partial charge in [-0.3, -0.25) is 4.79 Å². The van der Waals surface area contributed by atoms with E-state index < -0.39 is 6.03 Å². The second-order valence-electron chi connectivity index (χ2n) is 3.85. The summed E-state index contributed by atoms with van der Waals surface area (Å²) in [5.41, 5.74) is 0.533. The molecule has 1 aromatic heterocycles. The largest absolute Gasteiger partial charge is 0.359 e. The van der Waals surface area contributed by atoms with Crippen LogP contribution in [0.25, 0.3) is 10.9 Å². The smallest absolute Gasteiger partial charge is 0.319 e. The SMILES string of the molecule is C=CCNC(=O)Nc1c[nH]c2cc(Cl)ccc2c1=O. The first kappa shape index (κ1) is 13.2. The van der Waals surface area contributed by atoms with Crippen LogP contribution in [0.5, 0.6) is 0 Å². The molecule has 6 heteroatoms. The van der Waals surface area contributed by atoms with Crippen LogP contribution < -0.4 is 16.1 Å². The van der Waals surface area contributed by atoms with Gasteiger partial charge in [0, 0.05) is 23.2 Å². The van der Waals surface area contributed by atoms with Crippen LogP contribution >= 0.6 is 11.6 Å². The van der Waals surface area contributed by atoms with Gasteiger partial charge in [-0.25, -0.2) is 4.79 Å². The second-order valence-corrected chi connectivity index (χ2v) is 4.28. The summed E-state index contributed by atoms with van der Waals surface area (Å²) in [6, 6.07) is 4.43. The van der Waals surface area contributed by atoms with Crippen LogP contribution in [0.3, 0.4) is 0 Å². The predicted octanol–water partition coefficient (Wildman–Crippen LogP) is 2.49. The number of aromatic amines is 1. The molecule has 0 saturated carbocycles. The number of fused-ring (bicyclic) bond motifs is 1. The molecular formula is C13H12ClN3O2. The number of halogens is 1. The highest BCUT2D eigenvalue weighted by molar-refractivity contribution is 6.31. The summed E-state index contributed by atoms with van der Waals surface area (Å²) in [7, 11) is 0. The molecule has 0 bridgehead atoms. The highest BCUT2D eigenvalue weighted by atomic mass is 35.5. The molecule has 0 aliphatic rings. The van der Waals surface area contributed by atoms with Crippen molar-refractivity contribution in [3.63, 3.8) is 0 Å². The lowest BCUT2D eigenvalue weighted by atomic mass is 10.2. The number of carbonyl (C=O) groups is 1. The first-order valence-corrected chi connectivity index (χ1v) is 5.96. The van der Waals surface area contributed by atoms with Gasteiger partial charge in [0.2, 0.25) is 5.43 Å². The molecule has 1 heterocycles. The van der Waals surface area contributed by atoms with E-state index in [9.17, 15) is 9.59 Å². The number of H-pyrrole nitrogens is 1. The molecule has 2 aromatic rings. The van der Waals surface area contributed by atoms with E-state index in [0.29, 0.717) is 22.5 Å². The molecule has 0 aliphatic heterocycles. The Balaban J connectivity index is 2.33. The van der Waals surface area contributed by atoms with E-state index >= 15 is 0 Å². The molecule has 3 N–H and O–H groups in total. The maximum absolute atomic E-state index is 12.1. The van der Waals surface area contributed by atoms with Gasteiger partial charge in [0.25, 0.3) is 0 Å². The average Bonchev–Trinajstić information content (AvgIpc) is 2.39. The van der Waals surface area contributed by atoms with Gasteiger partial charge in [-0.15, -0.1) is 6.58 Å². The summed E-state index contributed by atoms with van der Waals surface area (Å²) >= 11 is 5.84. The summed E-state index contributed by atoms with van der Waals surface area (Å²) in [6.45, 7) is 3.81. The van der Waals surface area contributed by atoms with Crippen LogP contribution in [0.15, 0.2) is 41.8 Å². The van der Waals surface area contributed by atoms with Crippen LogP contribution in [0, 0.1) is 0 Å². The minimum atomic E-state index is -0.460. The monoisotopic (exact) mass is 277 g/mol. The number of rotatable bonds is 3. The van der Waals surface area contributed by atoms with E-state index in [4.69, 9.17) is 11.6 Å². The van der Waals surface area contributed by atoms with Crippen molar-refractivity contribution in [2.24, 2.45) is 0 Å². The van der Waals surface area contributed by atoms with Crippen molar-refractivity contribution in [3.05, 3.63) is 52.3 Å². The molecule has 5 nitrogen and oxygen atoms in total. The maximum Gasteiger partial charge on any atom is 0.319 e. The van der Waals surface area contributed by atoms with Gasteiger partial charge in [-0.2, -0.15) is 0 Å². The molecule has 98 valence electrons. The average molecular weight is 278 g/mol. The zero-order valence-electron chi connectivity index (χ0n) is 10.00. The zero-order valence-corrected chi connectivity index (χ0v) is 10.8. The standard InChI is InChI=1S/C13H12ClN3O2/c1-2-5-15-13(19)17-11-7-16-10-6-8(14)3-4-9(10)12(11)18/h2-4,6-7H,1,5H2,(H,16,18)(H2,15,17,19). The number of hydrogen-bond donors (Lipinski definition) is 3. The summed E-state index contributed by atoms with van der Waals surface area (Å²) in [5.74, 6) is 0. The second kappa shape index (κ2) is 5.58. The third-order valence-electron chi connectivity index (χ3n) is 2.50. The number of carbonyl (C=O) groups excluding carboxylic acids is 1. The molecule has 0 fully saturated rings. The highest BCUT2D eigenvalue weighted by Crippen LogP contribution is 2.16. The molecule has 0 saturated heterocycles. The predicted molar refractivity (Wildman–Crippen MR) is 76.8 cm³/mol. The van der Waals surface area contributed by atoms with Crippen molar-refractivity contribution < 1.29 is 4.79 Å². The molecule has 0 radical (unpaired) electrons. The molecule has 2 amide bonds. The van der Waals surface area contributed by atoms with E-state index in [0.717, 1.165) is 0 Å². The first-order valence-electron chi connectivity index (χ1n) is 5.58. The lowest BCUT2D eigenvalue weighted by molar-refractivity contribution is 0.253. The van der Waals surface area contributed by atoms with Gasteiger partial charge in [0.15, 0.2) is 0 Å². The lowest BCUT2D eigenvalue weighted by Gasteiger charge is -2.06. The van der Waals surface area contributed by atoms with Crippen molar-refractivity contribution in [1.29, 1.82) is 0 Å². The maximum atomic E-state index is 12.1. The molecule has 19 heavy (non-hydrogen) atoms. The van der Waals surface area contributed by atoms with Crippen molar-refractivity contribution in [2.75, 3.05) is 11.9 Å². The molecule has 0 aliphatic carbocycles. The molecule has 1 aromatic carbocycles. The van der Waals surface area contributed by atoms with Crippen molar-refractivity contribution >= 4 is 34.2 Å². The normalized spacial score (nSPS) is 10.2. The fraction of sp³-hybridized carbons (Fsp3) is 0.0769. The molecule has 2 rings (SSSR count). The van der Waals surface area contributed by atoms with E-state index in [1.807, 2.05) is 0 Å². The number of aromatic nitrogens is 1.